The summed E-state index contributed by atoms with van der Waals surface area (Å²) < 4.78 is 4.83. The maximum absolute atomic E-state index is 12.2. The first-order valence-corrected chi connectivity index (χ1v) is 8.39. The van der Waals surface area contributed by atoms with Gasteiger partial charge in [-0.3, -0.25) is 24.1 Å². The van der Waals surface area contributed by atoms with Gasteiger partial charge in [-0.25, -0.2) is 0 Å². The molecule has 3 rings (SSSR count). The molecule has 0 radical (unpaired) electrons. The summed E-state index contributed by atoms with van der Waals surface area (Å²) in [5.41, 5.74) is 1.02. The number of esters is 1. The van der Waals surface area contributed by atoms with E-state index in [9.17, 15) is 19.2 Å². The first-order chi connectivity index (χ1) is 13.4. The number of hydrogen-bond donors (Lipinski definition) is 1. The average Bonchev–Trinajstić information content (AvgIpc) is 2.92. The lowest BCUT2D eigenvalue weighted by Gasteiger charge is -2.13. The second-order valence-corrected chi connectivity index (χ2v) is 6.16. The Hall–Kier alpha value is -3.70. The van der Waals surface area contributed by atoms with Gasteiger partial charge in [-0.15, -0.1) is 0 Å². The van der Waals surface area contributed by atoms with E-state index in [1.54, 1.807) is 12.1 Å². The largest absolute Gasteiger partial charge is 0.454 e. The molecule has 0 saturated carbocycles. The van der Waals surface area contributed by atoms with Gasteiger partial charge in [-0.1, -0.05) is 23.7 Å². The first-order valence-electron chi connectivity index (χ1n) is 8.01. The van der Waals surface area contributed by atoms with Crippen LogP contribution in [0.2, 0.25) is 5.02 Å². The molecule has 0 spiro atoms. The minimum atomic E-state index is -0.900. The molecular formula is C19H12ClN3O5. The molecule has 2 aromatic rings. The molecule has 0 aromatic heterocycles. The number of imide groups is 1. The third kappa shape index (κ3) is 3.84. The highest BCUT2D eigenvalue weighted by atomic mass is 35.5. The van der Waals surface area contributed by atoms with Gasteiger partial charge in [0.05, 0.1) is 21.7 Å². The lowest BCUT2D eigenvalue weighted by molar-refractivity contribution is -0.147. The maximum atomic E-state index is 12.2. The van der Waals surface area contributed by atoms with Crippen LogP contribution in [0.25, 0.3) is 0 Å². The van der Waals surface area contributed by atoms with Crippen LogP contribution in [-0.4, -0.2) is 41.7 Å². The highest BCUT2D eigenvalue weighted by Gasteiger charge is 2.36. The Labute approximate surface area is 164 Å². The fraction of sp³-hybridized carbons (Fsp3) is 0.105. The minimum Gasteiger partial charge on any atom is -0.454 e. The van der Waals surface area contributed by atoms with Crippen molar-refractivity contribution in [2.24, 2.45) is 0 Å². The number of carbonyl (C=O) groups excluding carboxylic acids is 4. The molecule has 1 heterocycles. The highest BCUT2D eigenvalue weighted by molar-refractivity contribution is 6.32. The zero-order valence-electron chi connectivity index (χ0n) is 14.3. The fourth-order valence-electron chi connectivity index (χ4n) is 2.58. The molecule has 3 amide bonds. The Balaban J connectivity index is 1.53. The molecule has 0 bridgehead atoms. The van der Waals surface area contributed by atoms with Gasteiger partial charge in [0.2, 0.25) is 0 Å². The standard InChI is InChI=1S/C19H12ClN3O5/c20-15-7-12(6-5-11(15)8-21)22-16(24)10-28-17(25)9-23-18(26)13-3-1-2-4-14(13)19(23)27/h1-7H,9-10H2,(H,22,24). The van der Waals surface area contributed by atoms with E-state index in [-0.39, 0.29) is 21.7 Å². The van der Waals surface area contributed by atoms with Crippen LogP contribution in [0.5, 0.6) is 0 Å². The van der Waals surface area contributed by atoms with Crippen molar-refractivity contribution in [2.45, 2.75) is 0 Å². The molecule has 28 heavy (non-hydrogen) atoms. The van der Waals surface area contributed by atoms with Crippen LogP contribution >= 0.6 is 11.6 Å². The summed E-state index contributed by atoms with van der Waals surface area (Å²) in [7, 11) is 0. The minimum absolute atomic E-state index is 0.169. The number of rotatable bonds is 5. The molecule has 2 aromatic carbocycles. The van der Waals surface area contributed by atoms with Crippen molar-refractivity contribution in [1.82, 2.24) is 4.90 Å². The predicted octanol–water partition coefficient (Wildman–Crippen LogP) is 1.99. The number of nitrogens with one attached hydrogen (secondary N) is 1. The summed E-state index contributed by atoms with van der Waals surface area (Å²) in [6.07, 6.45) is 0. The van der Waals surface area contributed by atoms with Crippen molar-refractivity contribution in [3.05, 3.63) is 64.2 Å². The average molecular weight is 398 g/mol. The molecule has 140 valence electrons. The molecule has 0 saturated heterocycles. The second-order valence-electron chi connectivity index (χ2n) is 5.76. The van der Waals surface area contributed by atoms with Gasteiger partial charge >= 0.3 is 5.97 Å². The molecule has 8 nitrogen and oxygen atoms in total. The molecule has 1 N–H and O–H groups in total. The van der Waals surface area contributed by atoms with Crippen LogP contribution in [-0.2, 0) is 14.3 Å². The quantitative estimate of drug-likeness (QED) is 0.609. The summed E-state index contributed by atoms with van der Waals surface area (Å²) in [6.45, 7) is -1.21. The van der Waals surface area contributed by atoms with E-state index in [4.69, 9.17) is 21.6 Å². The number of anilines is 1. The van der Waals surface area contributed by atoms with Crippen molar-refractivity contribution in [2.75, 3.05) is 18.5 Å². The van der Waals surface area contributed by atoms with E-state index in [1.165, 1.54) is 30.3 Å². The summed E-state index contributed by atoms with van der Waals surface area (Å²) in [6, 6.07) is 12.4. The molecule has 0 aliphatic carbocycles. The first kappa shape index (κ1) is 19.1. The maximum Gasteiger partial charge on any atom is 0.326 e. The summed E-state index contributed by atoms with van der Waals surface area (Å²) in [4.78, 5) is 49.0. The van der Waals surface area contributed by atoms with Crippen LogP contribution in [0.4, 0.5) is 5.69 Å². The zero-order valence-corrected chi connectivity index (χ0v) is 15.0. The monoisotopic (exact) mass is 397 g/mol. The number of hydrogen-bond acceptors (Lipinski definition) is 6. The number of halogens is 1. The van der Waals surface area contributed by atoms with Crippen LogP contribution in [0.1, 0.15) is 26.3 Å². The molecule has 0 fully saturated rings. The fourth-order valence-corrected chi connectivity index (χ4v) is 2.81. The SMILES string of the molecule is N#Cc1ccc(NC(=O)COC(=O)CN2C(=O)c3ccccc3C2=O)cc1Cl. The number of nitrogens with zero attached hydrogens (tertiary/aromatic N) is 2. The van der Waals surface area contributed by atoms with E-state index >= 15 is 0 Å². The normalized spacial score (nSPS) is 12.4. The van der Waals surface area contributed by atoms with Crippen molar-refractivity contribution in [3.63, 3.8) is 0 Å². The highest BCUT2D eigenvalue weighted by Crippen LogP contribution is 2.22. The topological polar surface area (TPSA) is 117 Å². The Morgan fingerprint density at radius 3 is 2.32 bits per heavy atom. The van der Waals surface area contributed by atoms with E-state index in [1.807, 2.05) is 6.07 Å². The van der Waals surface area contributed by atoms with Crippen molar-refractivity contribution in [1.29, 1.82) is 5.26 Å². The van der Waals surface area contributed by atoms with Gasteiger partial charge in [-0.2, -0.15) is 5.26 Å². The number of ether oxygens (including phenoxy) is 1. The van der Waals surface area contributed by atoms with E-state index in [0.29, 0.717) is 5.69 Å². The zero-order chi connectivity index (χ0) is 20.3. The van der Waals surface area contributed by atoms with Gasteiger partial charge in [-0.05, 0) is 30.3 Å². The Kier molecular flexibility index (Phi) is 5.38. The van der Waals surface area contributed by atoms with Crippen LogP contribution in [0, 0.1) is 11.3 Å². The Bertz CT molecular complexity index is 1010. The van der Waals surface area contributed by atoms with Gasteiger partial charge < -0.3 is 10.1 Å². The summed E-state index contributed by atoms with van der Waals surface area (Å²) in [5, 5.41) is 11.4. The number of fused-ring (bicyclic) bond motifs is 1. The summed E-state index contributed by atoms with van der Waals surface area (Å²) >= 11 is 5.87. The van der Waals surface area contributed by atoms with Gasteiger partial charge in [0.1, 0.15) is 12.6 Å². The molecule has 9 heteroatoms. The van der Waals surface area contributed by atoms with E-state index in [0.717, 1.165) is 4.90 Å². The van der Waals surface area contributed by atoms with Crippen molar-refractivity contribution >= 4 is 41.0 Å². The molecule has 1 aliphatic rings. The Morgan fingerprint density at radius 2 is 1.75 bits per heavy atom. The Morgan fingerprint density at radius 1 is 1.11 bits per heavy atom. The van der Waals surface area contributed by atoms with E-state index < -0.39 is 36.8 Å². The summed E-state index contributed by atoms with van der Waals surface area (Å²) in [5.74, 6) is -2.72. The third-order valence-corrected chi connectivity index (χ3v) is 4.22. The van der Waals surface area contributed by atoms with E-state index in [2.05, 4.69) is 5.32 Å². The molecule has 1 aliphatic heterocycles. The van der Waals surface area contributed by atoms with Crippen molar-refractivity contribution < 1.29 is 23.9 Å². The van der Waals surface area contributed by atoms with Crippen LogP contribution < -0.4 is 5.32 Å². The molecule has 0 atom stereocenters. The molecule has 0 unspecified atom stereocenters. The van der Waals surface area contributed by atoms with Crippen LogP contribution in [0.15, 0.2) is 42.5 Å². The lowest BCUT2D eigenvalue weighted by atomic mass is 10.1. The lowest BCUT2D eigenvalue weighted by Crippen LogP contribution is -2.36. The number of nitriles is 1. The van der Waals surface area contributed by atoms with Gasteiger partial charge in [0, 0.05) is 5.69 Å². The van der Waals surface area contributed by atoms with Gasteiger partial charge in [0.25, 0.3) is 17.7 Å². The predicted molar refractivity (Wildman–Crippen MR) is 97.6 cm³/mol. The third-order valence-electron chi connectivity index (χ3n) is 3.90. The number of amides is 3. The second kappa shape index (κ2) is 7.90. The van der Waals surface area contributed by atoms with Crippen LogP contribution in [0.3, 0.4) is 0 Å². The number of benzene rings is 2. The molecular weight excluding hydrogens is 386 g/mol. The van der Waals surface area contributed by atoms with Gasteiger partial charge in [0.15, 0.2) is 6.61 Å². The smallest absolute Gasteiger partial charge is 0.326 e. The number of carbonyl (C=O) groups is 4. The van der Waals surface area contributed by atoms with Crippen molar-refractivity contribution in [3.8, 4) is 6.07 Å².